The van der Waals surface area contributed by atoms with Crippen molar-refractivity contribution in [1.82, 2.24) is 10.2 Å². The molecule has 0 radical (unpaired) electrons. The van der Waals surface area contributed by atoms with Crippen LogP contribution in [0.2, 0.25) is 0 Å². The Hall–Kier alpha value is -2.91. The Balaban J connectivity index is 1.99. The Morgan fingerprint density at radius 3 is 2.33 bits per heavy atom. The largest absolute Gasteiger partial charge is 0.352 e. The summed E-state index contributed by atoms with van der Waals surface area (Å²) in [6.45, 7) is 5.25. The molecule has 0 aliphatic heterocycles. The molecule has 3 aromatic rings. The van der Waals surface area contributed by atoms with Crippen molar-refractivity contribution in [3.63, 3.8) is 0 Å². The van der Waals surface area contributed by atoms with Crippen LogP contribution in [0, 0.1) is 0 Å². The second-order valence-electron chi connectivity index (χ2n) is 8.91. The molecular formula is C27H32BrN3O4S. The van der Waals surface area contributed by atoms with Crippen molar-refractivity contribution in [3.05, 3.63) is 76.8 Å². The standard InChI is InChI=1S/C27H32BrN3O4S/c1-5-19(2)29-27(33)20(3)30(17-21-10-8-13-23(28)16-21)26(32)18-31(36(4,34)35)25-15-9-12-22-11-6-7-14-24(22)25/h6-16,19-20H,5,17-18H2,1-4H3,(H,29,33)/t19-,20-/m0/s1. The van der Waals surface area contributed by atoms with Crippen molar-refractivity contribution in [2.24, 2.45) is 0 Å². The molecule has 192 valence electrons. The lowest BCUT2D eigenvalue weighted by atomic mass is 10.1. The third-order valence-corrected chi connectivity index (χ3v) is 7.74. The lowest BCUT2D eigenvalue weighted by molar-refractivity contribution is -0.139. The zero-order valence-corrected chi connectivity index (χ0v) is 23.3. The van der Waals surface area contributed by atoms with Crippen molar-refractivity contribution in [1.29, 1.82) is 0 Å². The van der Waals surface area contributed by atoms with E-state index in [9.17, 15) is 18.0 Å². The van der Waals surface area contributed by atoms with Gasteiger partial charge in [0.25, 0.3) is 0 Å². The highest BCUT2D eigenvalue weighted by molar-refractivity contribution is 9.10. The Morgan fingerprint density at radius 2 is 1.67 bits per heavy atom. The summed E-state index contributed by atoms with van der Waals surface area (Å²) in [5.41, 5.74) is 1.24. The van der Waals surface area contributed by atoms with Crippen molar-refractivity contribution >= 4 is 54.2 Å². The van der Waals surface area contributed by atoms with E-state index in [4.69, 9.17) is 0 Å². The van der Waals surface area contributed by atoms with E-state index in [1.807, 2.05) is 68.4 Å². The van der Waals surface area contributed by atoms with Gasteiger partial charge in [0, 0.05) is 22.4 Å². The van der Waals surface area contributed by atoms with Crippen LogP contribution in [0.4, 0.5) is 5.69 Å². The molecule has 0 spiro atoms. The second-order valence-corrected chi connectivity index (χ2v) is 11.7. The van der Waals surface area contributed by atoms with Crippen LogP contribution < -0.4 is 9.62 Å². The summed E-state index contributed by atoms with van der Waals surface area (Å²) in [6, 6.07) is 19.4. The lowest BCUT2D eigenvalue weighted by Gasteiger charge is -2.32. The molecule has 0 unspecified atom stereocenters. The average Bonchev–Trinajstić information content (AvgIpc) is 2.84. The van der Waals surface area contributed by atoms with Crippen molar-refractivity contribution < 1.29 is 18.0 Å². The van der Waals surface area contributed by atoms with Gasteiger partial charge in [-0.3, -0.25) is 13.9 Å². The number of anilines is 1. The zero-order valence-electron chi connectivity index (χ0n) is 20.9. The average molecular weight is 575 g/mol. The van der Waals surface area contributed by atoms with Gasteiger partial charge in [-0.2, -0.15) is 0 Å². The number of amides is 2. The fourth-order valence-electron chi connectivity index (χ4n) is 3.90. The second kappa shape index (κ2) is 11.9. The molecule has 7 nitrogen and oxygen atoms in total. The predicted molar refractivity (Wildman–Crippen MR) is 148 cm³/mol. The van der Waals surface area contributed by atoms with Crippen LogP contribution in [-0.2, 0) is 26.2 Å². The van der Waals surface area contributed by atoms with Gasteiger partial charge in [-0.05, 0) is 49.4 Å². The highest BCUT2D eigenvalue weighted by Crippen LogP contribution is 2.28. The number of hydrogen-bond acceptors (Lipinski definition) is 4. The molecule has 0 saturated heterocycles. The minimum Gasteiger partial charge on any atom is -0.352 e. The molecule has 2 atom stereocenters. The van der Waals surface area contributed by atoms with Gasteiger partial charge in [-0.15, -0.1) is 0 Å². The molecule has 0 aromatic heterocycles. The number of benzene rings is 3. The number of fused-ring (bicyclic) bond motifs is 1. The molecule has 3 aromatic carbocycles. The van der Waals surface area contributed by atoms with Crippen LogP contribution in [0.1, 0.15) is 32.8 Å². The van der Waals surface area contributed by atoms with Crippen LogP contribution >= 0.6 is 15.9 Å². The third kappa shape index (κ3) is 6.85. The summed E-state index contributed by atoms with van der Waals surface area (Å²) in [7, 11) is -3.81. The number of carbonyl (C=O) groups excluding carboxylic acids is 2. The highest BCUT2D eigenvalue weighted by Gasteiger charge is 2.31. The molecule has 3 rings (SSSR count). The molecule has 2 amide bonds. The fraction of sp³-hybridized carbons (Fsp3) is 0.333. The number of nitrogens with one attached hydrogen (secondary N) is 1. The molecular weight excluding hydrogens is 542 g/mol. The SMILES string of the molecule is CC[C@H](C)NC(=O)[C@H](C)N(Cc1cccc(Br)c1)C(=O)CN(c1cccc2ccccc12)S(C)(=O)=O. The Bertz CT molecular complexity index is 1340. The van der Waals surface area contributed by atoms with Gasteiger partial charge < -0.3 is 10.2 Å². The molecule has 0 bridgehead atoms. The summed E-state index contributed by atoms with van der Waals surface area (Å²) in [5, 5.41) is 4.51. The Labute approximate surface area is 221 Å². The van der Waals surface area contributed by atoms with E-state index in [1.54, 1.807) is 19.1 Å². The van der Waals surface area contributed by atoms with Crippen LogP contribution in [0.3, 0.4) is 0 Å². The first-order valence-corrected chi connectivity index (χ1v) is 14.4. The van der Waals surface area contributed by atoms with Crippen LogP contribution in [0.5, 0.6) is 0 Å². The van der Waals surface area contributed by atoms with E-state index >= 15 is 0 Å². The first kappa shape index (κ1) is 27.7. The van der Waals surface area contributed by atoms with E-state index in [1.165, 1.54) is 4.90 Å². The van der Waals surface area contributed by atoms with Gasteiger partial charge in [-0.25, -0.2) is 8.42 Å². The number of rotatable bonds is 10. The molecule has 0 fully saturated rings. The highest BCUT2D eigenvalue weighted by atomic mass is 79.9. The van der Waals surface area contributed by atoms with Crippen LogP contribution in [0.15, 0.2) is 71.2 Å². The smallest absolute Gasteiger partial charge is 0.244 e. The summed E-state index contributed by atoms with van der Waals surface area (Å²) in [4.78, 5) is 28.2. The molecule has 36 heavy (non-hydrogen) atoms. The minimum atomic E-state index is -3.81. The Kier molecular flexibility index (Phi) is 9.13. The molecule has 0 aliphatic carbocycles. The van der Waals surface area contributed by atoms with E-state index in [-0.39, 0.29) is 18.5 Å². The van der Waals surface area contributed by atoms with Crippen LogP contribution in [-0.4, -0.2) is 50.0 Å². The molecule has 0 heterocycles. The van der Waals surface area contributed by atoms with Gasteiger partial charge in [0.1, 0.15) is 12.6 Å². The molecule has 0 saturated carbocycles. The van der Waals surface area contributed by atoms with Gasteiger partial charge >= 0.3 is 0 Å². The van der Waals surface area contributed by atoms with Crippen LogP contribution in [0.25, 0.3) is 10.8 Å². The van der Waals surface area contributed by atoms with E-state index < -0.39 is 28.5 Å². The quantitative estimate of drug-likeness (QED) is 0.381. The van der Waals surface area contributed by atoms with E-state index in [0.29, 0.717) is 5.69 Å². The number of halogens is 1. The Morgan fingerprint density at radius 1 is 1.00 bits per heavy atom. The van der Waals surface area contributed by atoms with Crippen molar-refractivity contribution in [2.75, 3.05) is 17.1 Å². The fourth-order valence-corrected chi connectivity index (χ4v) is 5.21. The van der Waals surface area contributed by atoms with Gasteiger partial charge in [0.15, 0.2) is 0 Å². The number of carbonyl (C=O) groups is 2. The number of sulfonamides is 1. The minimum absolute atomic E-state index is 0.0500. The summed E-state index contributed by atoms with van der Waals surface area (Å²) in [6.07, 6.45) is 1.83. The number of nitrogens with zero attached hydrogens (tertiary/aromatic N) is 2. The topological polar surface area (TPSA) is 86.8 Å². The van der Waals surface area contributed by atoms with E-state index in [2.05, 4.69) is 21.2 Å². The molecule has 0 aliphatic rings. The maximum absolute atomic E-state index is 13.7. The monoisotopic (exact) mass is 573 g/mol. The van der Waals surface area contributed by atoms with Gasteiger partial charge in [-0.1, -0.05) is 71.4 Å². The maximum Gasteiger partial charge on any atom is 0.244 e. The number of hydrogen-bond donors (Lipinski definition) is 1. The van der Waals surface area contributed by atoms with Gasteiger partial charge in [0.05, 0.1) is 11.9 Å². The summed E-state index contributed by atoms with van der Waals surface area (Å²) < 4.78 is 27.7. The van der Waals surface area contributed by atoms with E-state index in [0.717, 1.165) is 37.8 Å². The zero-order chi connectivity index (χ0) is 26.5. The first-order valence-electron chi connectivity index (χ1n) is 11.8. The summed E-state index contributed by atoms with van der Waals surface area (Å²) >= 11 is 3.45. The first-order chi connectivity index (χ1) is 17.0. The lowest BCUT2D eigenvalue weighted by Crippen LogP contribution is -2.52. The van der Waals surface area contributed by atoms with Crippen molar-refractivity contribution in [2.45, 2.75) is 45.8 Å². The summed E-state index contributed by atoms with van der Waals surface area (Å²) in [5.74, 6) is -0.760. The molecule has 1 N–H and O–H groups in total. The predicted octanol–water partition coefficient (Wildman–Crippen LogP) is 4.70. The van der Waals surface area contributed by atoms with Gasteiger partial charge in [0.2, 0.25) is 21.8 Å². The normalized spacial score (nSPS) is 13.1. The third-order valence-electron chi connectivity index (χ3n) is 6.12. The maximum atomic E-state index is 13.7. The van der Waals surface area contributed by atoms with Crippen molar-refractivity contribution in [3.8, 4) is 0 Å². The molecule has 9 heteroatoms.